The van der Waals surface area contributed by atoms with Gasteiger partial charge in [0.15, 0.2) is 0 Å². The summed E-state index contributed by atoms with van der Waals surface area (Å²) in [7, 11) is 0. The summed E-state index contributed by atoms with van der Waals surface area (Å²) in [5.74, 6) is -0.591. The molecule has 0 saturated carbocycles. The van der Waals surface area contributed by atoms with Crippen LogP contribution in [-0.4, -0.2) is 22.6 Å². The number of carboxylic acid groups (broad SMARTS) is 1. The molecule has 0 radical (unpaired) electrons. The number of rotatable bonds is 5. The Morgan fingerprint density at radius 3 is 2.25 bits per heavy atom. The SMILES string of the molecule is CC(C)(C)Oc1ccc(NC(=O)Cc2ccccc2C(=O)O)cc1. The maximum Gasteiger partial charge on any atom is 0.335 e. The van der Waals surface area contributed by atoms with Crippen LogP contribution in [0.2, 0.25) is 0 Å². The third kappa shape index (κ3) is 5.12. The molecule has 5 nitrogen and oxygen atoms in total. The zero-order chi connectivity index (χ0) is 17.7. The number of anilines is 1. The molecule has 0 bridgehead atoms. The first-order valence-electron chi connectivity index (χ1n) is 7.65. The second-order valence-corrected chi connectivity index (χ2v) is 6.43. The molecule has 2 aromatic rings. The van der Waals surface area contributed by atoms with E-state index >= 15 is 0 Å². The van der Waals surface area contributed by atoms with Crippen LogP contribution in [0.5, 0.6) is 5.75 Å². The summed E-state index contributed by atoms with van der Waals surface area (Å²) in [5.41, 5.74) is 0.969. The van der Waals surface area contributed by atoms with Crippen molar-refractivity contribution in [3.05, 3.63) is 59.7 Å². The lowest BCUT2D eigenvalue weighted by Crippen LogP contribution is -2.22. The number of amides is 1. The van der Waals surface area contributed by atoms with Gasteiger partial charge in [0.05, 0.1) is 12.0 Å². The first-order chi connectivity index (χ1) is 11.2. The molecule has 5 heteroatoms. The van der Waals surface area contributed by atoms with Crippen LogP contribution in [0.4, 0.5) is 5.69 Å². The Bertz CT molecular complexity index is 730. The highest BCUT2D eigenvalue weighted by molar-refractivity contribution is 5.96. The van der Waals surface area contributed by atoms with E-state index in [4.69, 9.17) is 9.84 Å². The smallest absolute Gasteiger partial charge is 0.335 e. The average molecular weight is 327 g/mol. The molecule has 0 atom stereocenters. The summed E-state index contributed by atoms with van der Waals surface area (Å²) in [6.45, 7) is 5.88. The highest BCUT2D eigenvalue weighted by atomic mass is 16.5. The molecular formula is C19H21NO4. The van der Waals surface area contributed by atoms with Crippen molar-refractivity contribution in [2.24, 2.45) is 0 Å². The van der Waals surface area contributed by atoms with Crippen molar-refractivity contribution in [3.8, 4) is 5.75 Å². The summed E-state index contributed by atoms with van der Waals surface area (Å²) >= 11 is 0. The first kappa shape index (κ1) is 17.5. The Morgan fingerprint density at radius 1 is 1.04 bits per heavy atom. The number of aromatic carboxylic acids is 1. The fraction of sp³-hybridized carbons (Fsp3) is 0.263. The van der Waals surface area contributed by atoms with E-state index in [1.54, 1.807) is 42.5 Å². The van der Waals surface area contributed by atoms with Crippen LogP contribution < -0.4 is 10.1 Å². The number of hydrogen-bond donors (Lipinski definition) is 2. The van der Waals surface area contributed by atoms with Gasteiger partial charge in [0, 0.05) is 5.69 Å². The van der Waals surface area contributed by atoms with Gasteiger partial charge in [-0.05, 0) is 56.7 Å². The van der Waals surface area contributed by atoms with Crippen LogP contribution in [0.1, 0.15) is 36.7 Å². The lowest BCUT2D eigenvalue weighted by atomic mass is 10.0. The third-order valence-corrected chi connectivity index (χ3v) is 3.16. The van der Waals surface area contributed by atoms with Crippen LogP contribution in [0.25, 0.3) is 0 Å². The predicted molar refractivity (Wildman–Crippen MR) is 92.6 cm³/mol. The first-order valence-corrected chi connectivity index (χ1v) is 7.65. The molecule has 2 rings (SSSR count). The van der Waals surface area contributed by atoms with Crippen LogP contribution in [0.15, 0.2) is 48.5 Å². The van der Waals surface area contributed by atoms with Crippen LogP contribution in [0, 0.1) is 0 Å². The van der Waals surface area contributed by atoms with Crippen molar-refractivity contribution in [3.63, 3.8) is 0 Å². The van der Waals surface area contributed by atoms with Crippen molar-refractivity contribution in [2.45, 2.75) is 32.8 Å². The van der Waals surface area contributed by atoms with Gasteiger partial charge in [-0.25, -0.2) is 4.79 Å². The molecular weight excluding hydrogens is 306 g/mol. The molecule has 1 amide bonds. The van der Waals surface area contributed by atoms with E-state index in [0.717, 1.165) is 5.75 Å². The van der Waals surface area contributed by atoms with E-state index in [0.29, 0.717) is 11.3 Å². The molecule has 0 unspecified atom stereocenters. The number of nitrogens with one attached hydrogen (secondary N) is 1. The summed E-state index contributed by atoms with van der Waals surface area (Å²) in [6, 6.07) is 13.6. The minimum Gasteiger partial charge on any atom is -0.488 e. The molecule has 2 aromatic carbocycles. The van der Waals surface area contributed by atoms with E-state index in [1.807, 2.05) is 20.8 Å². The fourth-order valence-electron chi connectivity index (χ4n) is 2.22. The van der Waals surface area contributed by atoms with Gasteiger partial charge in [0.25, 0.3) is 0 Å². The summed E-state index contributed by atoms with van der Waals surface area (Å²) in [5, 5.41) is 11.9. The maximum atomic E-state index is 12.1. The number of benzene rings is 2. The highest BCUT2D eigenvalue weighted by Gasteiger charge is 2.14. The maximum absolute atomic E-state index is 12.1. The minimum atomic E-state index is -1.04. The number of carbonyl (C=O) groups excluding carboxylic acids is 1. The summed E-state index contributed by atoms with van der Waals surface area (Å²) < 4.78 is 5.72. The molecule has 24 heavy (non-hydrogen) atoms. The molecule has 0 fully saturated rings. The van der Waals surface area contributed by atoms with Crippen LogP contribution in [-0.2, 0) is 11.2 Å². The largest absolute Gasteiger partial charge is 0.488 e. The monoisotopic (exact) mass is 327 g/mol. The number of carbonyl (C=O) groups is 2. The van der Waals surface area contributed by atoms with Gasteiger partial charge in [-0.3, -0.25) is 4.79 Å². The van der Waals surface area contributed by atoms with Gasteiger partial charge in [-0.2, -0.15) is 0 Å². The van der Waals surface area contributed by atoms with Gasteiger partial charge in [-0.1, -0.05) is 18.2 Å². The van der Waals surface area contributed by atoms with Crippen molar-refractivity contribution in [1.29, 1.82) is 0 Å². The van der Waals surface area contributed by atoms with Crippen molar-refractivity contribution in [1.82, 2.24) is 0 Å². The topological polar surface area (TPSA) is 75.6 Å². The molecule has 0 saturated heterocycles. The molecule has 0 aliphatic heterocycles. The van der Waals surface area contributed by atoms with E-state index < -0.39 is 5.97 Å². The lowest BCUT2D eigenvalue weighted by Gasteiger charge is -2.21. The second-order valence-electron chi connectivity index (χ2n) is 6.43. The second kappa shape index (κ2) is 7.17. The summed E-state index contributed by atoms with van der Waals surface area (Å²) in [4.78, 5) is 23.3. The number of hydrogen-bond acceptors (Lipinski definition) is 3. The van der Waals surface area contributed by atoms with E-state index in [1.165, 1.54) is 6.07 Å². The van der Waals surface area contributed by atoms with E-state index in [-0.39, 0.29) is 23.5 Å². The minimum absolute atomic E-state index is 0.00269. The number of carboxylic acids is 1. The van der Waals surface area contributed by atoms with Gasteiger partial charge in [0.2, 0.25) is 5.91 Å². The quantitative estimate of drug-likeness (QED) is 0.877. The van der Waals surface area contributed by atoms with Crippen molar-refractivity contribution < 1.29 is 19.4 Å². The molecule has 0 spiro atoms. The normalized spacial score (nSPS) is 11.0. The third-order valence-electron chi connectivity index (χ3n) is 3.16. The molecule has 0 aliphatic carbocycles. The molecule has 126 valence electrons. The van der Waals surface area contributed by atoms with Gasteiger partial charge >= 0.3 is 5.97 Å². The van der Waals surface area contributed by atoms with Gasteiger partial charge in [0.1, 0.15) is 11.4 Å². The lowest BCUT2D eigenvalue weighted by molar-refractivity contribution is -0.115. The highest BCUT2D eigenvalue weighted by Crippen LogP contribution is 2.20. The van der Waals surface area contributed by atoms with Crippen LogP contribution >= 0.6 is 0 Å². The Morgan fingerprint density at radius 2 is 1.67 bits per heavy atom. The Balaban J connectivity index is 2.02. The molecule has 0 aromatic heterocycles. The Labute approximate surface area is 141 Å². The van der Waals surface area contributed by atoms with Gasteiger partial charge < -0.3 is 15.2 Å². The standard InChI is InChI=1S/C19H21NO4/c1-19(2,3)24-15-10-8-14(9-11-15)20-17(21)12-13-6-4-5-7-16(13)18(22)23/h4-11H,12H2,1-3H3,(H,20,21)(H,22,23). The van der Waals surface area contributed by atoms with E-state index in [2.05, 4.69) is 5.32 Å². The van der Waals surface area contributed by atoms with Crippen LogP contribution in [0.3, 0.4) is 0 Å². The molecule has 0 aliphatic rings. The fourth-order valence-corrected chi connectivity index (χ4v) is 2.22. The Kier molecular flexibility index (Phi) is 5.24. The van der Waals surface area contributed by atoms with E-state index in [9.17, 15) is 9.59 Å². The predicted octanol–water partition coefficient (Wildman–Crippen LogP) is 3.74. The molecule has 0 heterocycles. The zero-order valence-corrected chi connectivity index (χ0v) is 14.0. The summed E-state index contributed by atoms with van der Waals surface area (Å²) in [6.07, 6.45) is 0.00269. The van der Waals surface area contributed by atoms with Crippen molar-refractivity contribution in [2.75, 3.05) is 5.32 Å². The molecule has 2 N–H and O–H groups in total. The zero-order valence-electron chi connectivity index (χ0n) is 14.0. The Hall–Kier alpha value is -2.82. The number of ether oxygens (including phenoxy) is 1. The van der Waals surface area contributed by atoms with Gasteiger partial charge in [-0.15, -0.1) is 0 Å². The average Bonchev–Trinajstić information content (AvgIpc) is 2.48. The van der Waals surface area contributed by atoms with Crippen molar-refractivity contribution >= 4 is 17.6 Å².